The van der Waals surface area contributed by atoms with Crippen LogP contribution in [0.4, 0.5) is 0 Å². The smallest absolute Gasteiger partial charge is 0.231 e. The zero-order valence-corrected chi connectivity index (χ0v) is 14.8. The zero-order chi connectivity index (χ0) is 16.6. The van der Waals surface area contributed by atoms with Gasteiger partial charge in [0.15, 0.2) is 11.5 Å². The Hall–Kier alpha value is -1.30. The first kappa shape index (κ1) is 16.2. The van der Waals surface area contributed by atoms with Crippen molar-refractivity contribution in [1.29, 1.82) is 0 Å². The molecule has 4 rings (SSSR count). The Labute approximate surface area is 144 Å². The van der Waals surface area contributed by atoms with Crippen molar-refractivity contribution in [3.63, 3.8) is 0 Å². The number of ether oxygens (including phenoxy) is 3. The molecule has 5 nitrogen and oxygen atoms in total. The summed E-state index contributed by atoms with van der Waals surface area (Å²) < 4.78 is 16.3. The summed E-state index contributed by atoms with van der Waals surface area (Å²) in [6, 6.07) is 6.91. The average molecular weight is 332 g/mol. The number of hydrogen-bond acceptors (Lipinski definition) is 5. The molecule has 2 saturated heterocycles. The Morgan fingerprint density at radius 3 is 2.75 bits per heavy atom. The molecule has 0 bridgehead atoms. The highest BCUT2D eigenvalue weighted by Crippen LogP contribution is 2.41. The van der Waals surface area contributed by atoms with E-state index in [-0.39, 0.29) is 0 Å². The first-order valence-corrected chi connectivity index (χ1v) is 9.03. The second kappa shape index (κ2) is 6.54. The number of likely N-dealkylation sites (tertiary alicyclic amines) is 2. The van der Waals surface area contributed by atoms with Crippen molar-refractivity contribution in [2.45, 2.75) is 43.8 Å². The summed E-state index contributed by atoms with van der Waals surface area (Å²) in [5.41, 5.74) is 1.71. The highest BCUT2D eigenvalue weighted by atomic mass is 16.7. The Kier molecular flexibility index (Phi) is 4.41. The third-order valence-electron chi connectivity index (χ3n) is 6.23. The number of fused-ring (bicyclic) bond motifs is 1. The topological polar surface area (TPSA) is 34.2 Å². The number of nitrogens with zero attached hydrogens (tertiary/aromatic N) is 2. The van der Waals surface area contributed by atoms with Crippen LogP contribution in [0.25, 0.3) is 0 Å². The lowest BCUT2D eigenvalue weighted by Gasteiger charge is -2.45. The zero-order valence-electron chi connectivity index (χ0n) is 14.8. The van der Waals surface area contributed by atoms with Crippen molar-refractivity contribution in [2.75, 3.05) is 40.6 Å². The van der Waals surface area contributed by atoms with Gasteiger partial charge in [0, 0.05) is 38.3 Å². The second-order valence-corrected chi connectivity index (χ2v) is 7.45. The Morgan fingerprint density at radius 2 is 1.96 bits per heavy atom. The van der Waals surface area contributed by atoms with Crippen LogP contribution in [0.1, 0.15) is 31.2 Å². The number of piperidine rings is 1. The lowest BCUT2D eigenvalue weighted by molar-refractivity contribution is 0.0282. The maximum absolute atomic E-state index is 5.49. The van der Waals surface area contributed by atoms with Crippen molar-refractivity contribution in [2.24, 2.45) is 0 Å². The van der Waals surface area contributed by atoms with Gasteiger partial charge in [-0.3, -0.25) is 9.80 Å². The SMILES string of the molecule is COC[C@H]1CCC2(CCN(Cc3ccc4c(c3)OCO4)CC2)N1C. The molecule has 1 atom stereocenters. The second-order valence-electron chi connectivity index (χ2n) is 7.45. The first-order chi connectivity index (χ1) is 11.7. The minimum atomic E-state index is 0.347. The van der Waals surface area contributed by atoms with Gasteiger partial charge in [-0.1, -0.05) is 6.07 Å². The van der Waals surface area contributed by atoms with E-state index in [1.54, 1.807) is 0 Å². The molecule has 132 valence electrons. The first-order valence-electron chi connectivity index (χ1n) is 9.03. The molecular formula is C19H28N2O3. The number of benzene rings is 1. The van der Waals surface area contributed by atoms with E-state index in [1.165, 1.54) is 44.3 Å². The van der Waals surface area contributed by atoms with Gasteiger partial charge >= 0.3 is 0 Å². The van der Waals surface area contributed by atoms with E-state index in [1.807, 2.05) is 13.2 Å². The van der Waals surface area contributed by atoms with Gasteiger partial charge in [-0.25, -0.2) is 0 Å². The molecular weight excluding hydrogens is 304 g/mol. The molecule has 1 spiro atoms. The van der Waals surface area contributed by atoms with Crippen LogP contribution in [0.2, 0.25) is 0 Å². The van der Waals surface area contributed by atoms with Crippen LogP contribution >= 0.6 is 0 Å². The van der Waals surface area contributed by atoms with Gasteiger partial charge in [0.25, 0.3) is 0 Å². The van der Waals surface area contributed by atoms with Gasteiger partial charge in [-0.15, -0.1) is 0 Å². The van der Waals surface area contributed by atoms with Crippen LogP contribution in [0, 0.1) is 0 Å². The van der Waals surface area contributed by atoms with Gasteiger partial charge in [-0.2, -0.15) is 0 Å². The van der Waals surface area contributed by atoms with E-state index in [0.29, 0.717) is 18.4 Å². The van der Waals surface area contributed by atoms with Crippen molar-refractivity contribution in [1.82, 2.24) is 9.80 Å². The molecule has 0 N–H and O–H groups in total. The molecule has 1 aromatic carbocycles. The molecule has 0 unspecified atom stereocenters. The van der Waals surface area contributed by atoms with Crippen LogP contribution in [-0.4, -0.2) is 62.0 Å². The van der Waals surface area contributed by atoms with Gasteiger partial charge < -0.3 is 14.2 Å². The van der Waals surface area contributed by atoms with Gasteiger partial charge in [0.05, 0.1) is 6.61 Å². The molecule has 3 aliphatic heterocycles. The van der Waals surface area contributed by atoms with Crippen LogP contribution in [0.15, 0.2) is 18.2 Å². The van der Waals surface area contributed by atoms with Crippen LogP contribution < -0.4 is 9.47 Å². The summed E-state index contributed by atoms with van der Waals surface area (Å²) in [5, 5.41) is 0. The molecule has 0 radical (unpaired) electrons. The summed E-state index contributed by atoms with van der Waals surface area (Å²) in [7, 11) is 4.11. The standard InChI is InChI=1S/C19H28N2O3/c1-20-16(13-22-2)5-6-19(20)7-9-21(10-8-19)12-15-3-4-17-18(11-15)24-14-23-17/h3-4,11,16H,5-10,12-14H2,1-2H3/t16-/m1/s1. The third-order valence-corrected chi connectivity index (χ3v) is 6.23. The molecule has 24 heavy (non-hydrogen) atoms. The average Bonchev–Trinajstić information content (AvgIpc) is 3.17. The monoisotopic (exact) mass is 332 g/mol. The summed E-state index contributed by atoms with van der Waals surface area (Å²) in [4.78, 5) is 5.18. The maximum Gasteiger partial charge on any atom is 0.231 e. The molecule has 0 saturated carbocycles. The Balaban J connectivity index is 1.35. The third kappa shape index (κ3) is 2.89. The van der Waals surface area contributed by atoms with Crippen molar-refractivity contribution >= 4 is 0 Å². The van der Waals surface area contributed by atoms with E-state index in [4.69, 9.17) is 14.2 Å². The van der Waals surface area contributed by atoms with Crippen molar-refractivity contribution in [3.05, 3.63) is 23.8 Å². The molecule has 2 fully saturated rings. The molecule has 0 amide bonds. The lowest BCUT2D eigenvalue weighted by atomic mass is 9.85. The molecule has 3 aliphatic rings. The van der Waals surface area contributed by atoms with E-state index in [2.05, 4.69) is 29.0 Å². The van der Waals surface area contributed by atoms with E-state index in [0.717, 1.165) is 24.7 Å². The quantitative estimate of drug-likeness (QED) is 0.846. The molecule has 0 aliphatic carbocycles. The fourth-order valence-corrected chi connectivity index (χ4v) is 4.61. The minimum Gasteiger partial charge on any atom is -0.454 e. The van der Waals surface area contributed by atoms with E-state index >= 15 is 0 Å². The fraction of sp³-hybridized carbons (Fsp3) is 0.684. The van der Waals surface area contributed by atoms with Crippen LogP contribution in [0.3, 0.4) is 0 Å². The molecule has 1 aromatic rings. The lowest BCUT2D eigenvalue weighted by Crippen LogP contribution is -2.52. The minimum absolute atomic E-state index is 0.347. The van der Waals surface area contributed by atoms with Gasteiger partial charge in [0.2, 0.25) is 6.79 Å². The van der Waals surface area contributed by atoms with Gasteiger partial charge in [-0.05, 0) is 50.4 Å². The summed E-state index contributed by atoms with van der Waals surface area (Å²) in [6.45, 7) is 4.54. The van der Waals surface area contributed by atoms with Crippen molar-refractivity contribution < 1.29 is 14.2 Å². The molecule has 3 heterocycles. The Morgan fingerprint density at radius 1 is 1.17 bits per heavy atom. The fourth-order valence-electron chi connectivity index (χ4n) is 4.61. The number of likely N-dealkylation sites (N-methyl/N-ethyl adjacent to an activating group) is 1. The van der Waals surface area contributed by atoms with E-state index in [9.17, 15) is 0 Å². The predicted molar refractivity (Wildman–Crippen MR) is 92.5 cm³/mol. The summed E-state index contributed by atoms with van der Waals surface area (Å²) in [5.74, 6) is 1.76. The van der Waals surface area contributed by atoms with Crippen molar-refractivity contribution in [3.8, 4) is 11.5 Å². The highest BCUT2D eigenvalue weighted by Gasteiger charge is 2.45. The normalized spacial score (nSPS) is 26.3. The predicted octanol–water partition coefficient (Wildman–Crippen LogP) is 2.49. The largest absolute Gasteiger partial charge is 0.454 e. The number of methoxy groups -OCH3 is 1. The summed E-state index contributed by atoms with van der Waals surface area (Å²) in [6.07, 6.45) is 5.10. The van der Waals surface area contributed by atoms with Crippen LogP contribution in [-0.2, 0) is 11.3 Å². The number of hydrogen-bond donors (Lipinski definition) is 0. The van der Waals surface area contributed by atoms with E-state index < -0.39 is 0 Å². The molecule has 0 aromatic heterocycles. The number of rotatable bonds is 4. The molecule has 5 heteroatoms. The highest BCUT2D eigenvalue weighted by molar-refractivity contribution is 5.44. The van der Waals surface area contributed by atoms with Gasteiger partial charge in [0.1, 0.15) is 0 Å². The summed E-state index contributed by atoms with van der Waals surface area (Å²) >= 11 is 0. The Bertz CT molecular complexity index is 584. The van der Waals surface area contributed by atoms with Crippen LogP contribution in [0.5, 0.6) is 11.5 Å². The maximum atomic E-state index is 5.49.